The molecule has 2 N–H and O–H groups in total. The van der Waals surface area contributed by atoms with Crippen molar-refractivity contribution < 1.29 is 24.4 Å². The van der Waals surface area contributed by atoms with E-state index in [2.05, 4.69) is 4.90 Å². The molecule has 0 radical (unpaired) electrons. The van der Waals surface area contributed by atoms with E-state index in [1.165, 1.54) is 25.9 Å². The maximum Gasteiger partial charge on any atom is 0.150 e. The Bertz CT molecular complexity index is 1260. The highest BCUT2D eigenvalue weighted by Gasteiger charge is 2.34. The summed E-state index contributed by atoms with van der Waals surface area (Å²) in [7, 11) is 0. The van der Waals surface area contributed by atoms with Gasteiger partial charge in [-0.15, -0.1) is 0 Å². The first kappa shape index (κ1) is 21.9. The van der Waals surface area contributed by atoms with Gasteiger partial charge in [0.25, 0.3) is 0 Å². The van der Waals surface area contributed by atoms with Crippen molar-refractivity contribution >= 4 is 11.1 Å². The molecule has 35 heavy (non-hydrogen) atoms. The molecule has 6 nitrogen and oxygen atoms in total. The fourth-order valence-corrected chi connectivity index (χ4v) is 5.31. The Morgan fingerprint density at radius 2 is 1.57 bits per heavy atom. The first-order valence-corrected chi connectivity index (χ1v) is 12.3. The molecule has 3 aliphatic heterocycles. The van der Waals surface area contributed by atoms with Gasteiger partial charge in [0, 0.05) is 41.8 Å². The van der Waals surface area contributed by atoms with Crippen LogP contribution in [0.1, 0.15) is 42.1 Å². The molecular weight excluding hydrogens is 442 g/mol. The lowest BCUT2D eigenvalue weighted by molar-refractivity contribution is 0.237. The lowest BCUT2D eigenvalue weighted by atomic mass is 9.84. The van der Waals surface area contributed by atoms with E-state index in [9.17, 15) is 10.2 Å². The molecule has 3 heterocycles. The number of hydrogen-bond acceptors (Lipinski definition) is 6. The second-order valence-corrected chi connectivity index (χ2v) is 9.32. The average molecular weight is 472 g/mol. The molecule has 1 fully saturated rings. The Hall–Kier alpha value is -3.64. The first-order chi connectivity index (χ1) is 17.2. The number of likely N-dealkylation sites (tertiary alicyclic amines) is 1. The molecule has 1 atom stereocenters. The third kappa shape index (κ3) is 4.30. The molecule has 0 amide bonds. The molecule has 0 aromatic heterocycles. The van der Waals surface area contributed by atoms with Crippen LogP contribution in [0.2, 0.25) is 0 Å². The first-order valence-electron chi connectivity index (χ1n) is 12.3. The van der Waals surface area contributed by atoms with Crippen molar-refractivity contribution in [3.8, 4) is 28.7 Å². The van der Waals surface area contributed by atoms with E-state index in [0.29, 0.717) is 31.1 Å². The van der Waals surface area contributed by atoms with Crippen LogP contribution in [0.15, 0.2) is 60.7 Å². The number of benzene rings is 3. The molecule has 0 bridgehead atoms. The Kier molecular flexibility index (Phi) is 5.74. The molecule has 6 heteroatoms. The fourth-order valence-electron chi connectivity index (χ4n) is 5.31. The Balaban J connectivity index is 1.34. The third-order valence-corrected chi connectivity index (χ3v) is 7.05. The number of rotatable bonds is 5. The van der Waals surface area contributed by atoms with Gasteiger partial charge >= 0.3 is 0 Å². The minimum atomic E-state index is -0.386. The quantitative estimate of drug-likeness (QED) is 0.519. The van der Waals surface area contributed by atoms with Crippen molar-refractivity contribution in [1.82, 2.24) is 4.90 Å². The van der Waals surface area contributed by atoms with Crippen molar-refractivity contribution in [1.29, 1.82) is 0 Å². The Morgan fingerprint density at radius 1 is 0.857 bits per heavy atom. The van der Waals surface area contributed by atoms with Crippen LogP contribution < -0.4 is 14.2 Å². The van der Waals surface area contributed by atoms with Gasteiger partial charge < -0.3 is 24.4 Å². The largest absolute Gasteiger partial charge is 0.508 e. The summed E-state index contributed by atoms with van der Waals surface area (Å²) in [6.45, 7) is 4.45. The normalized spacial score (nSPS) is 19.1. The number of phenolic OH excluding ortho intramolecular Hbond substituents is 2. The van der Waals surface area contributed by atoms with Gasteiger partial charge in [-0.05, 0) is 73.5 Å². The highest BCUT2D eigenvalue weighted by atomic mass is 16.5. The molecule has 0 spiro atoms. The molecule has 0 saturated carbocycles. The topological polar surface area (TPSA) is 71.4 Å². The lowest BCUT2D eigenvalue weighted by Crippen LogP contribution is -2.25. The van der Waals surface area contributed by atoms with Gasteiger partial charge in [0.15, 0.2) is 0 Å². The summed E-state index contributed by atoms with van der Waals surface area (Å²) in [5.41, 5.74) is 5.01. The van der Waals surface area contributed by atoms with E-state index in [1.807, 2.05) is 36.4 Å². The zero-order valence-corrected chi connectivity index (χ0v) is 19.6. The minimum absolute atomic E-state index is 0.168. The van der Waals surface area contributed by atoms with Gasteiger partial charge in [0.2, 0.25) is 0 Å². The van der Waals surface area contributed by atoms with E-state index < -0.39 is 0 Å². The van der Waals surface area contributed by atoms with Crippen LogP contribution in [0.5, 0.6) is 28.7 Å². The number of nitrogens with zero attached hydrogens (tertiary/aromatic N) is 1. The summed E-state index contributed by atoms with van der Waals surface area (Å²) in [5.74, 6) is 2.48. The maximum atomic E-state index is 10.1. The SMILES string of the molecule is Oc1ccc2c(c1)O[C@@H](c1ccc(OCCN3CCCC3)cc1)C1=C2CCOc2cc(O)ccc21. The van der Waals surface area contributed by atoms with Gasteiger partial charge in [-0.2, -0.15) is 0 Å². The molecule has 6 rings (SSSR count). The van der Waals surface area contributed by atoms with E-state index >= 15 is 0 Å². The van der Waals surface area contributed by atoms with Crippen LogP contribution in [0.4, 0.5) is 0 Å². The molecule has 0 aliphatic carbocycles. The summed E-state index contributed by atoms with van der Waals surface area (Å²) in [6.07, 6.45) is 2.87. The number of phenols is 2. The third-order valence-electron chi connectivity index (χ3n) is 7.05. The zero-order valence-electron chi connectivity index (χ0n) is 19.6. The standard InChI is InChI=1S/C29H29NO5/c31-20-6-10-25-26(17-20)34-15-11-24-23-9-5-21(32)18-27(23)35-29(28(24)25)19-3-7-22(8-4-19)33-16-14-30-12-1-2-13-30/h3-10,17-18,29,31-32H,1-2,11-16H2/t29-/m0/s1. The van der Waals surface area contributed by atoms with Crippen molar-refractivity contribution in [2.24, 2.45) is 0 Å². The van der Waals surface area contributed by atoms with Crippen molar-refractivity contribution in [3.63, 3.8) is 0 Å². The van der Waals surface area contributed by atoms with Gasteiger partial charge in [0.05, 0.1) is 6.61 Å². The van der Waals surface area contributed by atoms with Crippen molar-refractivity contribution in [2.45, 2.75) is 25.4 Å². The molecule has 3 aromatic rings. The van der Waals surface area contributed by atoms with Crippen molar-refractivity contribution in [2.75, 3.05) is 32.8 Å². The van der Waals surface area contributed by atoms with Gasteiger partial charge in [0.1, 0.15) is 41.5 Å². The molecule has 180 valence electrons. The van der Waals surface area contributed by atoms with Crippen LogP contribution in [0.25, 0.3) is 11.1 Å². The number of ether oxygens (including phenoxy) is 3. The molecule has 0 unspecified atom stereocenters. The van der Waals surface area contributed by atoms with Crippen LogP contribution >= 0.6 is 0 Å². The molecule has 3 aliphatic rings. The number of fused-ring (bicyclic) bond motifs is 4. The van der Waals surface area contributed by atoms with E-state index in [0.717, 1.165) is 40.1 Å². The summed E-state index contributed by atoms with van der Waals surface area (Å²) in [5, 5.41) is 20.2. The summed E-state index contributed by atoms with van der Waals surface area (Å²) < 4.78 is 18.5. The summed E-state index contributed by atoms with van der Waals surface area (Å²) >= 11 is 0. The van der Waals surface area contributed by atoms with Crippen LogP contribution in [0, 0.1) is 0 Å². The van der Waals surface area contributed by atoms with Crippen molar-refractivity contribution in [3.05, 3.63) is 77.4 Å². The second kappa shape index (κ2) is 9.19. The highest BCUT2D eigenvalue weighted by molar-refractivity contribution is 5.98. The predicted octanol–water partition coefficient (Wildman–Crippen LogP) is 5.40. The minimum Gasteiger partial charge on any atom is -0.508 e. The zero-order chi connectivity index (χ0) is 23.8. The molecular formula is C29H29NO5. The smallest absolute Gasteiger partial charge is 0.150 e. The predicted molar refractivity (Wildman–Crippen MR) is 134 cm³/mol. The molecule has 3 aromatic carbocycles. The van der Waals surface area contributed by atoms with Crippen LogP contribution in [-0.2, 0) is 0 Å². The van der Waals surface area contributed by atoms with Gasteiger partial charge in [-0.3, -0.25) is 4.90 Å². The fraction of sp³-hybridized carbons (Fsp3) is 0.310. The summed E-state index contributed by atoms with van der Waals surface area (Å²) in [4.78, 5) is 2.44. The van der Waals surface area contributed by atoms with Gasteiger partial charge in [-0.1, -0.05) is 12.1 Å². The highest BCUT2D eigenvalue weighted by Crippen LogP contribution is 2.51. The number of aromatic hydroxyl groups is 2. The second-order valence-electron chi connectivity index (χ2n) is 9.32. The van der Waals surface area contributed by atoms with E-state index in [-0.39, 0.29) is 17.6 Å². The van der Waals surface area contributed by atoms with Gasteiger partial charge in [-0.25, -0.2) is 0 Å². The lowest BCUT2D eigenvalue weighted by Gasteiger charge is -2.31. The number of hydrogen-bond donors (Lipinski definition) is 2. The monoisotopic (exact) mass is 471 g/mol. The maximum absolute atomic E-state index is 10.1. The van der Waals surface area contributed by atoms with Crippen LogP contribution in [-0.4, -0.2) is 48.0 Å². The molecule has 1 saturated heterocycles. The van der Waals surface area contributed by atoms with Crippen LogP contribution in [0.3, 0.4) is 0 Å². The Labute approximate surface area is 205 Å². The van der Waals surface area contributed by atoms with E-state index in [4.69, 9.17) is 14.2 Å². The average Bonchev–Trinajstić information content (AvgIpc) is 3.31. The van der Waals surface area contributed by atoms with E-state index in [1.54, 1.807) is 24.3 Å². The Morgan fingerprint density at radius 3 is 2.34 bits per heavy atom. The summed E-state index contributed by atoms with van der Waals surface area (Å²) in [6, 6.07) is 18.6.